The monoisotopic (exact) mass is 397 g/mol. The molecule has 0 saturated heterocycles. The van der Waals surface area contributed by atoms with E-state index in [1.165, 1.54) is 19.3 Å². The first-order valence-corrected chi connectivity index (χ1v) is 8.88. The molecule has 0 radical (unpaired) electrons. The van der Waals surface area contributed by atoms with Crippen LogP contribution in [0.4, 0.5) is 4.79 Å². The van der Waals surface area contributed by atoms with Gasteiger partial charge in [0.05, 0.1) is 18.2 Å². The highest BCUT2D eigenvalue weighted by Crippen LogP contribution is 2.33. The lowest BCUT2D eigenvalue weighted by Gasteiger charge is -2.38. The van der Waals surface area contributed by atoms with E-state index >= 15 is 0 Å². The first kappa shape index (κ1) is 18.0. The van der Waals surface area contributed by atoms with Crippen molar-refractivity contribution >= 4 is 28.7 Å². The molecule has 20 heavy (non-hydrogen) atoms. The van der Waals surface area contributed by atoms with Gasteiger partial charge in [0.25, 0.3) is 0 Å². The van der Waals surface area contributed by atoms with Gasteiger partial charge in [-0.1, -0.05) is 29.0 Å². The maximum atomic E-state index is 11.7. The highest BCUT2D eigenvalue weighted by molar-refractivity contribution is 14.1. The van der Waals surface area contributed by atoms with Crippen molar-refractivity contribution in [3.05, 3.63) is 0 Å². The van der Waals surface area contributed by atoms with Crippen molar-refractivity contribution in [1.29, 1.82) is 0 Å². The summed E-state index contributed by atoms with van der Waals surface area (Å²) in [6.07, 6.45) is 3.71. The van der Waals surface area contributed by atoms with Crippen molar-refractivity contribution in [2.75, 3.05) is 11.0 Å². The molecule has 0 bridgehead atoms. The van der Waals surface area contributed by atoms with E-state index in [1.807, 2.05) is 27.7 Å². The van der Waals surface area contributed by atoms with E-state index in [-0.39, 0.29) is 17.8 Å². The molecule has 0 aliphatic heterocycles. The topological polar surface area (TPSA) is 47.6 Å². The second kappa shape index (κ2) is 7.29. The fraction of sp³-hybridized carbons (Fsp3) is 0.933. The van der Waals surface area contributed by atoms with Gasteiger partial charge in [0.1, 0.15) is 5.60 Å². The maximum Gasteiger partial charge on any atom is 0.407 e. The molecule has 5 heteroatoms. The third kappa shape index (κ3) is 6.16. The first-order valence-electron chi connectivity index (χ1n) is 7.36. The third-order valence-electron chi connectivity index (χ3n) is 3.57. The number of halogens is 1. The van der Waals surface area contributed by atoms with Crippen LogP contribution in [0.25, 0.3) is 0 Å². The number of rotatable bonds is 6. The molecule has 2 atom stereocenters. The summed E-state index contributed by atoms with van der Waals surface area (Å²) in [5.41, 5.74) is -0.808. The minimum absolute atomic E-state index is 0.254. The summed E-state index contributed by atoms with van der Waals surface area (Å²) in [6.45, 7) is 10.2. The van der Waals surface area contributed by atoms with Gasteiger partial charge in [-0.15, -0.1) is 0 Å². The second-order valence-corrected chi connectivity index (χ2v) is 7.72. The zero-order valence-corrected chi connectivity index (χ0v) is 15.5. The summed E-state index contributed by atoms with van der Waals surface area (Å²) < 4.78 is 12.3. The Balaban J connectivity index is 2.41. The van der Waals surface area contributed by atoms with Gasteiger partial charge in [-0.3, -0.25) is 0 Å². The molecule has 0 heterocycles. The minimum Gasteiger partial charge on any atom is -0.444 e. The second-order valence-electron chi connectivity index (χ2n) is 6.95. The number of alkyl carbamates (subject to hydrolysis) is 1. The van der Waals surface area contributed by atoms with E-state index in [0.717, 1.165) is 4.43 Å². The van der Waals surface area contributed by atoms with Crippen molar-refractivity contribution in [2.24, 2.45) is 5.92 Å². The van der Waals surface area contributed by atoms with Crippen LogP contribution >= 0.6 is 22.6 Å². The van der Waals surface area contributed by atoms with Crippen LogP contribution in [0.2, 0.25) is 0 Å². The molecular formula is C15H28INO3. The molecule has 0 aromatic carbocycles. The molecule has 1 saturated carbocycles. The van der Waals surface area contributed by atoms with Crippen molar-refractivity contribution in [3.8, 4) is 0 Å². The van der Waals surface area contributed by atoms with Gasteiger partial charge in [0.15, 0.2) is 0 Å². The normalized spacial score (nSPS) is 20.7. The minimum atomic E-state index is -0.467. The Kier molecular flexibility index (Phi) is 6.57. The molecule has 1 fully saturated rings. The van der Waals surface area contributed by atoms with E-state index in [4.69, 9.17) is 9.47 Å². The lowest BCUT2D eigenvalue weighted by Crippen LogP contribution is -2.48. The summed E-state index contributed by atoms with van der Waals surface area (Å²) in [5, 5.41) is 2.82. The average molecular weight is 397 g/mol. The van der Waals surface area contributed by atoms with Crippen LogP contribution in [0.15, 0.2) is 0 Å². The van der Waals surface area contributed by atoms with Crippen molar-refractivity contribution in [3.63, 3.8) is 0 Å². The van der Waals surface area contributed by atoms with Crippen LogP contribution in [0, 0.1) is 5.92 Å². The summed E-state index contributed by atoms with van der Waals surface area (Å²) in [4.78, 5) is 11.7. The van der Waals surface area contributed by atoms with Crippen LogP contribution in [-0.2, 0) is 9.47 Å². The molecule has 2 unspecified atom stereocenters. The van der Waals surface area contributed by atoms with Gasteiger partial charge in [-0.2, -0.15) is 0 Å². The molecule has 1 aliphatic rings. The molecule has 0 aromatic heterocycles. The largest absolute Gasteiger partial charge is 0.444 e. The highest BCUT2D eigenvalue weighted by atomic mass is 127. The predicted molar refractivity (Wildman–Crippen MR) is 89.4 cm³/mol. The van der Waals surface area contributed by atoms with Crippen molar-refractivity contribution in [2.45, 2.75) is 71.2 Å². The molecule has 4 nitrogen and oxygen atoms in total. The summed E-state index contributed by atoms with van der Waals surface area (Å²) >= 11 is 2.31. The Hall–Kier alpha value is -0.0400. The molecule has 1 amide bonds. The van der Waals surface area contributed by atoms with Crippen LogP contribution in [0.5, 0.6) is 0 Å². The zero-order valence-electron chi connectivity index (χ0n) is 13.3. The number of alkyl halides is 1. The Bertz CT molecular complexity index is 326. The van der Waals surface area contributed by atoms with Crippen LogP contribution < -0.4 is 5.32 Å². The van der Waals surface area contributed by atoms with Crippen LogP contribution in [0.1, 0.15) is 53.9 Å². The number of ether oxygens (including phenoxy) is 2. The SMILES string of the molecule is CC(OC(C)(CI)CNC(=O)OC(C)(C)C)C1CCC1. The Morgan fingerprint density at radius 1 is 1.35 bits per heavy atom. The molecule has 1 N–H and O–H groups in total. The fourth-order valence-electron chi connectivity index (χ4n) is 2.15. The summed E-state index contributed by atoms with van der Waals surface area (Å²) in [6, 6.07) is 0. The van der Waals surface area contributed by atoms with E-state index in [1.54, 1.807) is 0 Å². The van der Waals surface area contributed by atoms with E-state index in [2.05, 4.69) is 34.8 Å². The lowest BCUT2D eigenvalue weighted by molar-refractivity contribution is -0.0941. The predicted octanol–water partition coefficient (Wildman–Crippen LogP) is 3.91. The van der Waals surface area contributed by atoms with Gasteiger partial charge in [-0.05, 0) is 53.4 Å². The standard InChI is InChI=1S/C15H28INO3/c1-11(12-7-6-8-12)19-15(5,9-16)10-17-13(18)20-14(2,3)4/h11-12H,6-10H2,1-5H3,(H,17,18). The first-order chi connectivity index (χ1) is 9.15. The van der Waals surface area contributed by atoms with Gasteiger partial charge in [0.2, 0.25) is 0 Å². The van der Waals surface area contributed by atoms with E-state index < -0.39 is 5.60 Å². The molecule has 1 rings (SSSR count). The van der Waals surface area contributed by atoms with Gasteiger partial charge < -0.3 is 14.8 Å². The summed E-state index contributed by atoms with van der Waals surface area (Å²) in [5.74, 6) is 0.679. The molecule has 1 aliphatic carbocycles. The number of hydrogen-bond donors (Lipinski definition) is 1. The fourth-order valence-corrected chi connectivity index (χ4v) is 2.60. The third-order valence-corrected chi connectivity index (χ3v) is 5.19. The van der Waals surface area contributed by atoms with E-state index in [9.17, 15) is 4.79 Å². The molecular weight excluding hydrogens is 369 g/mol. The maximum absolute atomic E-state index is 11.7. The van der Waals surface area contributed by atoms with Gasteiger partial charge >= 0.3 is 6.09 Å². The van der Waals surface area contributed by atoms with Gasteiger partial charge in [0, 0.05) is 4.43 Å². The number of carbonyl (C=O) groups excluding carboxylic acids is 1. The van der Waals surface area contributed by atoms with E-state index in [0.29, 0.717) is 12.5 Å². The quantitative estimate of drug-likeness (QED) is 0.546. The molecule has 0 spiro atoms. The lowest BCUT2D eigenvalue weighted by atomic mass is 9.81. The smallest absolute Gasteiger partial charge is 0.407 e. The Labute approximate surface area is 136 Å². The average Bonchev–Trinajstić information content (AvgIpc) is 2.21. The summed E-state index contributed by atoms with van der Waals surface area (Å²) in [7, 11) is 0. The molecule has 0 aromatic rings. The van der Waals surface area contributed by atoms with Gasteiger partial charge in [-0.25, -0.2) is 4.79 Å². The van der Waals surface area contributed by atoms with Crippen LogP contribution in [0.3, 0.4) is 0 Å². The van der Waals surface area contributed by atoms with Crippen LogP contribution in [-0.4, -0.2) is 34.4 Å². The van der Waals surface area contributed by atoms with Crippen molar-refractivity contribution in [1.82, 2.24) is 5.32 Å². The Morgan fingerprint density at radius 3 is 2.35 bits per heavy atom. The number of carbonyl (C=O) groups is 1. The zero-order chi connectivity index (χ0) is 15.4. The number of amides is 1. The molecule has 118 valence electrons. The number of nitrogens with one attached hydrogen (secondary N) is 1. The Morgan fingerprint density at radius 2 is 1.95 bits per heavy atom. The number of hydrogen-bond acceptors (Lipinski definition) is 3. The van der Waals surface area contributed by atoms with Crippen molar-refractivity contribution < 1.29 is 14.3 Å². The highest BCUT2D eigenvalue weighted by Gasteiger charge is 2.33.